The minimum atomic E-state index is -0.780. The number of benzene rings is 1. The molecular formula is C13H12O2S2. The Balaban J connectivity index is 2.11. The van der Waals surface area contributed by atoms with E-state index in [4.69, 9.17) is 5.11 Å². The molecule has 1 N–H and O–H groups in total. The molecule has 0 fully saturated rings. The van der Waals surface area contributed by atoms with Gasteiger partial charge in [-0.1, -0.05) is 18.2 Å². The standard InChI is InChI=1S/C13H12O2S2/c1-9(13(14)15)17-11-6-4-10(5-7-11)12-3-2-8-16-12/h2-9H,1H3,(H,14,15). The topological polar surface area (TPSA) is 37.3 Å². The third kappa shape index (κ3) is 3.11. The number of rotatable bonds is 4. The fourth-order valence-electron chi connectivity index (χ4n) is 1.40. The van der Waals surface area contributed by atoms with Crippen LogP contribution in [0.2, 0.25) is 0 Å². The van der Waals surface area contributed by atoms with Crippen molar-refractivity contribution in [1.82, 2.24) is 0 Å². The first-order chi connectivity index (χ1) is 8.16. The lowest BCUT2D eigenvalue weighted by Gasteiger charge is -2.06. The number of carbonyl (C=O) groups is 1. The third-order valence-corrected chi connectivity index (χ3v) is 4.34. The second-order valence-electron chi connectivity index (χ2n) is 3.60. The highest BCUT2D eigenvalue weighted by Gasteiger charge is 2.12. The van der Waals surface area contributed by atoms with Gasteiger partial charge in [0.25, 0.3) is 0 Å². The maximum absolute atomic E-state index is 10.7. The minimum absolute atomic E-state index is 0.414. The number of carboxylic acids is 1. The summed E-state index contributed by atoms with van der Waals surface area (Å²) in [6, 6.07) is 12.1. The van der Waals surface area contributed by atoms with Crippen molar-refractivity contribution >= 4 is 29.1 Å². The van der Waals surface area contributed by atoms with Gasteiger partial charge in [-0.05, 0) is 36.1 Å². The lowest BCUT2D eigenvalue weighted by Crippen LogP contribution is -2.10. The molecule has 2 nitrogen and oxygen atoms in total. The first-order valence-corrected chi connectivity index (χ1v) is 6.96. The molecule has 4 heteroatoms. The maximum Gasteiger partial charge on any atom is 0.316 e. The van der Waals surface area contributed by atoms with Crippen molar-refractivity contribution in [3.63, 3.8) is 0 Å². The average molecular weight is 264 g/mol. The third-order valence-electron chi connectivity index (χ3n) is 2.32. The molecule has 0 spiro atoms. The Kier molecular flexibility index (Phi) is 3.86. The average Bonchev–Trinajstić information content (AvgIpc) is 2.83. The molecule has 2 aromatic rings. The molecule has 0 bridgehead atoms. The van der Waals surface area contributed by atoms with E-state index in [0.717, 1.165) is 4.90 Å². The summed E-state index contributed by atoms with van der Waals surface area (Å²) in [5, 5.41) is 10.5. The van der Waals surface area contributed by atoms with Crippen molar-refractivity contribution in [3.05, 3.63) is 41.8 Å². The van der Waals surface area contributed by atoms with Crippen LogP contribution < -0.4 is 0 Å². The SMILES string of the molecule is CC(Sc1ccc(-c2cccs2)cc1)C(=O)O. The van der Waals surface area contributed by atoms with Crippen LogP contribution in [0.4, 0.5) is 0 Å². The smallest absolute Gasteiger partial charge is 0.316 e. The van der Waals surface area contributed by atoms with Crippen LogP contribution in [0.5, 0.6) is 0 Å². The van der Waals surface area contributed by atoms with Crippen LogP contribution in [0.15, 0.2) is 46.7 Å². The normalized spacial score (nSPS) is 12.3. The molecule has 1 atom stereocenters. The molecule has 1 aromatic heterocycles. The van der Waals surface area contributed by atoms with E-state index in [-0.39, 0.29) is 0 Å². The van der Waals surface area contributed by atoms with Gasteiger partial charge < -0.3 is 5.11 Å². The van der Waals surface area contributed by atoms with E-state index in [1.807, 2.05) is 35.7 Å². The summed E-state index contributed by atoms with van der Waals surface area (Å²) in [6.45, 7) is 1.69. The Morgan fingerprint density at radius 1 is 1.29 bits per heavy atom. The summed E-state index contributed by atoms with van der Waals surface area (Å²) >= 11 is 3.06. The molecule has 0 aliphatic carbocycles. The van der Waals surface area contributed by atoms with Crippen molar-refractivity contribution in [2.24, 2.45) is 0 Å². The molecular weight excluding hydrogens is 252 g/mol. The minimum Gasteiger partial charge on any atom is -0.480 e. The predicted octanol–water partition coefficient (Wildman–Crippen LogP) is 3.98. The molecule has 0 radical (unpaired) electrons. The zero-order chi connectivity index (χ0) is 12.3. The summed E-state index contributed by atoms with van der Waals surface area (Å²) in [4.78, 5) is 13.0. The second-order valence-corrected chi connectivity index (χ2v) is 5.96. The lowest BCUT2D eigenvalue weighted by molar-refractivity contribution is -0.136. The number of thioether (sulfide) groups is 1. The van der Waals surface area contributed by atoms with E-state index in [1.165, 1.54) is 22.2 Å². The lowest BCUT2D eigenvalue weighted by atomic mass is 10.2. The van der Waals surface area contributed by atoms with E-state index in [0.29, 0.717) is 0 Å². The van der Waals surface area contributed by atoms with Gasteiger partial charge in [-0.2, -0.15) is 0 Å². The molecule has 0 saturated carbocycles. The summed E-state index contributed by atoms with van der Waals surface area (Å²) in [7, 11) is 0. The highest BCUT2D eigenvalue weighted by Crippen LogP contribution is 2.29. The van der Waals surface area contributed by atoms with Gasteiger partial charge in [0.2, 0.25) is 0 Å². The van der Waals surface area contributed by atoms with Crippen LogP contribution in [0.25, 0.3) is 10.4 Å². The highest BCUT2D eigenvalue weighted by atomic mass is 32.2. The van der Waals surface area contributed by atoms with Crippen molar-refractivity contribution in [2.75, 3.05) is 0 Å². The summed E-state index contributed by atoms with van der Waals surface area (Å²) in [5.74, 6) is -0.780. The van der Waals surface area contributed by atoms with Crippen molar-refractivity contribution in [1.29, 1.82) is 0 Å². The van der Waals surface area contributed by atoms with Gasteiger partial charge in [0.05, 0.1) is 0 Å². The van der Waals surface area contributed by atoms with E-state index < -0.39 is 11.2 Å². The number of hydrogen-bond acceptors (Lipinski definition) is 3. The summed E-state index contributed by atoms with van der Waals surface area (Å²) in [6.07, 6.45) is 0. The van der Waals surface area contributed by atoms with Gasteiger partial charge >= 0.3 is 5.97 Å². The highest BCUT2D eigenvalue weighted by molar-refractivity contribution is 8.00. The Labute approximate surface area is 108 Å². The van der Waals surface area contributed by atoms with Crippen LogP contribution in [0, 0.1) is 0 Å². The first kappa shape index (κ1) is 12.2. The Morgan fingerprint density at radius 2 is 2.00 bits per heavy atom. The summed E-state index contributed by atoms with van der Waals surface area (Å²) in [5.41, 5.74) is 1.17. The monoisotopic (exact) mass is 264 g/mol. The largest absolute Gasteiger partial charge is 0.480 e. The Morgan fingerprint density at radius 3 is 2.53 bits per heavy atom. The van der Waals surface area contributed by atoms with Gasteiger partial charge in [-0.3, -0.25) is 4.79 Å². The van der Waals surface area contributed by atoms with Crippen LogP contribution in [-0.4, -0.2) is 16.3 Å². The van der Waals surface area contributed by atoms with Gasteiger partial charge in [-0.15, -0.1) is 23.1 Å². The zero-order valence-corrected chi connectivity index (χ0v) is 10.9. The second kappa shape index (κ2) is 5.38. The van der Waals surface area contributed by atoms with E-state index in [9.17, 15) is 4.79 Å². The molecule has 0 aliphatic heterocycles. The molecule has 88 valence electrons. The molecule has 2 rings (SSSR count). The van der Waals surface area contributed by atoms with Gasteiger partial charge in [-0.25, -0.2) is 0 Å². The fourth-order valence-corrected chi connectivity index (χ4v) is 2.93. The van der Waals surface area contributed by atoms with Crippen LogP contribution in [-0.2, 0) is 4.79 Å². The number of aliphatic carboxylic acids is 1. The molecule has 1 aromatic carbocycles. The van der Waals surface area contributed by atoms with Crippen LogP contribution in [0.1, 0.15) is 6.92 Å². The van der Waals surface area contributed by atoms with Crippen molar-refractivity contribution < 1.29 is 9.90 Å². The Bertz CT molecular complexity index is 489. The van der Waals surface area contributed by atoms with Gasteiger partial charge in [0.15, 0.2) is 0 Å². The van der Waals surface area contributed by atoms with E-state index >= 15 is 0 Å². The quantitative estimate of drug-likeness (QED) is 0.849. The van der Waals surface area contributed by atoms with E-state index in [1.54, 1.807) is 18.3 Å². The predicted molar refractivity (Wildman–Crippen MR) is 72.7 cm³/mol. The zero-order valence-electron chi connectivity index (χ0n) is 9.29. The van der Waals surface area contributed by atoms with Gasteiger partial charge in [0.1, 0.15) is 5.25 Å². The molecule has 0 aliphatic rings. The number of hydrogen-bond donors (Lipinski definition) is 1. The molecule has 0 saturated heterocycles. The maximum atomic E-state index is 10.7. The van der Waals surface area contributed by atoms with Gasteiger partial charge in [0, 0.05) is 9.77 Å². The summed E-state index contributed by atoms with van der Waals surface area (Å²) < 4.78 is 0. The van der Waals surface area contributed by atoms with Crippen molar-refractivity contribution in [3.8, 4) is 10.4 Å². The molecule has 0 amide bonds. The molecule has 1 unspecified atom stereocenters. The van der Waals surface area contributed by atoms with Crippen molar-refractivity contribution in [2.45, 2.75) is 17.1 Å². The first-order valence-electron chi connectivity index (χ1n) is 5.20. The fraction of sp³-hybridized carbons (Fsp3) is 0.154. The number of thiophene rings is 1. The molecule has 1 heterocycles. The molecule has 17 heavy (non-hydrogen) atoms. The van der Waals surface area contributed by atoms with E-state index in [2.05, 4.69) is 6.07 Å². The van der Waals surface area contributed by atoms with Crippen LogP contribution in [0.3, 0.4) is 0 Å². The number of carboxylic acid groups (broad SMARTS) is 1. The Hall–Kier alpha value is -1.26. The van der Waals surface area contributed by atoms with Crippen LogP contribution >= 0.6 is 23.1 Å².